The van der Waals surface area contributed by atoms with Crippen LogP contribution in [0.4, 0.5) is 23.7 Å². The van der Waals surface area contributed by atoms with Crippen molar-refractivity contribution in [3.8, 4) is 5.75 Å². The summed E-state index contributed by atoms with van der Waals surface area (Å²) in [4.78, 5) is 14.0. The van der Waals surface area contributed by atoms with E-state index in [1.807, 2.05) is 0 Å². The van der Waals surface area contributed by atoms with Crippen molar-refractivity contribution in [2.24, 2.45) is 0 Å². The number of halogens is 3. The molecule has 31 heavy (non-hydrogen) atoms. The molecule has 0 heterocycles. The quantitative estimate of drug-likeness (QED) is 0.569. The highest BCUT2D eigenvalue weighted by Crippen LogP contribution is 2.30. The van der Waals surface area contributed by atoms with Crippen molar-refractivity contribution < 1.29 is 35.3 Å². The second-order valence-electron chi connectivity index (χ2n) is 6.50. The van der Waals surface area contributed by atoms with E-state index in [9.17, 15) is 26.4 Å². The summed E-state index contributed by atoms with van der Waals surface area (Å²) in [6, 6.07) is 9.87. The third kappa shape index (κ3) is 7.76. The largest absolute Gasteiger partial charge is 0.416 e. The third-order valence-electron chi connectivity index (χ3n) is 4.14. The Morgan fingerprint density at radius 1 is 1.13 bits per heavy atom. The molecular weight excluding hydrogens is 437 g/mol. The van der Waals surface area contributed by atoms with Crippen LogP contribution in [-0.4, -0.2) is 45.4 Å². The van der Waals surface area contributed by atoms with Gasteiger partial charge in [0.2, 0.25) is 0 Å². The number of carbonyl (C=O) groups is 1. The molecule has 0 saturated carbocycles. The molecule has 0 bridgehead atoms. The number of amides is 2. The molecule has 0 saturated heterocycles. The number of nitrogens with zero attached hydrogens (tertiary/aromatic N) is 1. The first-order valence-corrected chi connectivity index (χ1v) is 10.8. The van der Waals surface area contributed by atoms with E-state index in [1.54, 1.807) is 12.1 Å². The fourth-order valence-corrected chi connectivity index (χ4v) is 3.07. The van der Waals surface area contributed by atoms with Gasteiger partial charge in [0.25, 0.3) is 0 Å². The molecule has 0 fully saturated rings. The van der Waals surface area contributed by atoms with E-state index in [4.69, 9.17) is 8.92 Å². The Hall–Kier alpha value is -2.79. The molecule has 0 aromatic heterocycles. The molecule has 1 N–H and O–H groups in total. The lowest BCUT2D eigenvalue weighted by Gasteiger charge is -2.23. The maximum Gasteiger partial charge on any atom is 0.416 e. The van der Waals surface area contributed by atoms with Crippen molar-refractivity contribution in [3.63, 3.8) is 0 Å². The summed E-state index contributed by atoms with van der Waals surface area (Å²) in [5.74, 6) is -0.0966. The highest BCUT2D eigenvalue weighted by atomic mass is 32.2. The van der Waals surface area contributed by atoms with Gasteiger partial charge in [0, 0.05) is 25.9 Å². The van der Waals surface area contributed by atoms with Gasteiger partial charge in [-0.3, -0.25) is 0 Å². The Labute approximate surface area is 178 Å². The monoisotopic (exact) mass is 460 g/mol. The van der Waals surface area contributed by atoms with Crippen molar-refractivity contribution in [2.45, 2.75) is 19.6 Å². The van der Waals surface area contributed by atoms with Gasteiger partial charge in [-0.25, -0.2) is 4.79 Å². The lowest BCUT2D eigenvalue weighted by atomic mass is 10.2. The topological polar surface area (TPSA) is 84.9 Å². The third-order valence-corrected chi connectivity index (χ3v) is 5.30. The molecule has 0 unspecified atom stereocenters. The lowest BCUT2D eigenvalue weighted by Crippen LogP contribution is -2.36. The molecule has 11 heteroatoms. The summed E-state index contributed by atoms with van der Waals surface area (Å²) in [6.07, 6.45) is -4.53. The standard InChI is InChI=1S/C20H23F3N2O5S/c1-3-31(27,28)30-18-9-4-6-15(12-18)14-25(10-11-29-2)19(26)24-17-8-5-7-16(13-17)20(21,22)23/h4-9,12-13H,3,10-11,14H2,1-2H3,(H,24,26). The Balaban J connectivity index is 2.17. The number of nitrogens with one attached hydrogen (secondary N) is 1. The van der Waals surface area contributed by atoms with Crippen LogP contribution in [-0.2, 0) is 27.6 Å². The van der Waals surface area contributed by atoms with Gasteiger partial charge in [0.1, 0.15) is 5.75 Å². The first-order chi connectivity index (χ1) is 14.5. The number of urea groups is 1. The Bertz CT molecular complexity index is 996. The summed E-state index contributed by atoms with van der Waals surface area (Å²) < 4.78 is 72.0. The van der Waals surface area contributed by atoms with Crippen molar-refractivity contribution in [2.75, 3.05) is 31.3 Å². The number of hydrogen-bond donors (Lipinski definition) is 1. The normalized spacial score (nSPS) is 11.8. The molecule has 7 nitrogen and oxygen atoms in total. The molecular formula is C20H23F3N2O5S. The second-order valence-corrected chi connectivity index (χ2v) is 8.36. The van der Waals surface area contributed by atoms with Crippen molar-refractivity contribution in [1.82, 2.24) is 4.90 Å². The van der Waals surface area contributed by atoms with E-state index in [2.05, 4.69) is 5.32 Å². The average Bonchev–Trinajstić information content (AvgIpc) is 2.70. The minimum Gasteiger partial charge on any atom is -0.383 e. The summed E-state index contributed by atoms with van der Waals surface area (Å²) in [5.41, 5.74) is -0.316. The zero-order valence-electron chi connectivity index (χ0n) is 17.0. The van der Waals surface area contributed by atoms with Crippen LogP contribution in [0.3, 0.4) is 0 Å². The zero-order chi connectivity index (χ0) is 23.1. The van der Waals surface area contributed by atoms with Gasteiger partial charge in [-0.15, -0.1) is 0 Å². The van der Waals surface area contributed by atoms with Crippen LogP contribution in [0, 0.1) is 0 Å². The van der Waals surface area contributed by atoms with Crippen LogP contribution in [0.2, 0.25) is 0 Å². The summed E-state index contributed by atoms with van der Waals surface area (Å²) in [5, 5.41) is 2.45. The molecule has 0 radical (unpaired) electrons. The van der Waals surface area contributed by atoms with Crippen molar-refractivity contribution in [3.05, 3.63) is 59.7 Å². The molecule has 0 atom stereocenters. The number of hydrogen-bond acceptors (Lipinski definition) is 5. The molecule has 0 spiro atoms. The zero-order valence-corrected chi connectivity index (χ0v) is 17.8. The smallest absolute Gasteiger partial charge is 0.383 e. The van der Waals surface area contributed by atoms with Crippen LogP contribution >= 0.6 is 0 Å². The summed E-state index contributed by atoms with van der Waals surface area (Å²) in [7, 11) is -2.26. The maximum atomic E-state index is 12.9. The van der Waals surface area contributed by atoms with E-state index in [-0.39, 0.29) is 36.9 Å². The number of ether oxygens (including phenoxy) is 1. The molecule has 2 rings (SSSR count). The van der Waals surface area contributed by atoms with E-state index in [0.29, 0.717) is 5.56 Å². The van der Waals surface area contributed by atoms with Gasteiger partial charge < -0.3 is 19.1 Å². The average molecular weight is 460 g/mol. The number of alkyl halides is 3. The molecule has 0 aliphatic rings. The SMILES string of the molecule is CCS(=O)(=O)Oc1cccc(CN(CCOC)C(=O)Nc2cccc(C(F)(F)F)c2)c1. The number of benzene rings is 2. The van der Waals surface area contributed by atoms with Crippen LogP contribution < -0.4 is 9.50 Å². The maximum absolute atomic E-state index is 12.9. The van der Waals surface area contributed by atoms with Crippen molar-refractivity contribution in [1.29, 1.82) is 0 Å². The predicted octanol–water partition coefficient (Wildman–Crippen LogP) is 4.11. The first kappa shape index (κ1) is 24.5. The Morgan fingerprint density at radius 3 is 2.48 bits per heavy atom. The highest BCUT2D eigenvalue weighted by Gasteiger charge is 2.30. The molecule has 2 amide bonds. The highest BCUT2D eigenvalue weighted by molar-refractivity contribution is 7.87. The minimum atomic E-state index is -4.53. The van der Waals surface area contributed by atoms with Gasteiger partial charge in [0.05, 0.1) is 17.9 Å². The van der Waals surface area contributed by atoms with Gasteiger partial charge in [-0.2, -0.15) is 21.6 Å². The number of carbonyl (C=O) groups excluding carboxylic acids is 1. The minimum absolute atomic E-state index is 0.00614. The van der Waals surface area contributed by atoms with Gasteiger partial charge in [-0.05, 0) is 42.8 Å². The van der Waals surface area contributed by atoms with Crippen LogP contribution in [0.1, 0.15) is 18.1 Å². The fourth-order valence-electron chi connectivity index (χ4n) is 2.55. The lowest BCUT2D eigenvalue weighted by molar-refractivity contribution is -0.137. The van der Waals surface area contributed by atoms with Crippen LogP contribution in [0.25, 0.3) is 0 Å². The molecule has 0 aliphatic carbocycles. The van der Waals surface area contributed by atoms with E-state index >= 15 is 0 Å². The predicted molar refractivity (Wildman–Crippen MR) is 109 cm³/mol. The fraction of sp³-hybridized carbons (Fsp3) is 0.350. The van der Waals surface area contributed by atoms with Crippen molar-refractivity contribution >= 4 is 21.8 Å². The van der Waals surface area contributed by atoms with E-state index < -0.39 is 27.9 Å². The first-order valence-electron chi connectivity index (χ1n) is 9.27. The van der Waals surface area contributed by atoms with Gasteiger partial charge in [-0.1, -0.05) is 18.2 Å². The Morgan fingerprint density at radius 2 is 1.84 bits per heavy atom. The summed E-state index contributed by atoms with van der Waals surface area (Å²) >= 11 is 0. The number of methoxy groups -OCH3 is 1. The van der Waals surface area contributed by atoms with Crippen LogP contribution in [0.5, 0.6) is 5.75 Å². The Kier molecular flexibility index (Phi) is 8.28. The van der Waals surface area contributed by atoms with Crippen LogP contribution in [0.15, 0.2) is 48.5 Å². The molecule has 2 aromatic carbocycles. The number of rotatable bonds is 9. The van der Waals surface area contributed by atoms with Gasteiger partial charge in [0.15, 0.2) is 0 Å². The van der Waals surface area contributed by atoms with E-state index in [0.717, 1.165) is 12.1 Å². The van der Waals surface area contributed by atoms with Gasteiger partial charge >= 0.3 is 22.3 Å². The molecule has 0 aliphatic heterocycles. The number of anilines is 1. The second kappa shape index (κ2) is 10.5. The molecule has 170 valence electrons. The molecule has 2 aromatic rings. The summed E-state index contributed by atoms with van der Waals surface area (Å²) in [6.45, 7) is 1.84. The van der Waals surface area contributed by atoms with E-state index in [1.165, 1.54) is 43.2 Å².